The van der Waals surface area contributed by atoms with E-state index >= 15 is 0 Å². The molecule has 0 atom stereocenters. The van der Waals surface area contributed by atoms with Crippen molar-refractivity contribution in [3.05, 3.63) is 29.3 Å². The van der Waals surface area contributed by atoms with Crippen LogP contribution in [0.3, 0.4) is 0 Å². The second kappa shape index (κ2) is 5.60. The Morgan fingerprint density at radius 3 is 2.65 bits per heavy atom. The molecule has 1 heterocycles. The minimum Gasteiger partial charge on any atom is -0.494 e. The maximum absolute atomic E-state index is 5.47. The highest BCUT2D eigenvalue weighted by atomic mass is 32.1. The average Bonchev–Trinajstić information content (AvgIpc) is 2.80. The Balaban J connectivity index is 2.03. The molecule has 2 rings (SSSR count). The number of hydrogen-bond acceptors (Lipinski definition) is 6. The summed E-state index contributed by atoms with van der Waals surface area (Å²) in [5, 5.41) is 12.6. The van der Waals surface area contributed by atoms with E-state index in [2.05, 4.69) is 15.5 Å². The maximum atomic E-state index is 5.47. The summed E-state index contributed by atoms with van der Waals surface area (Å²) in [6, 6.07) is 7.70. The standard InChI is InChI=1S/C11H14N4OS/c1-2-16-9-5-3-8(4-6-9)13-11-15-14-10(7-12)17-11/h3-6H,2,7,12H2,1H3,(H,13,15). The quantitative estimate of drug-likeness (QED) is 0.850. The predicted molar refractivity (Wildman–Crippen MR) is 68.7 cm³/mol. The Morgan fingerprint density at radius 1 is 1.29 bits per heavy atom. The number of benzene rings is 1. The van der Waals surface area contributed by atoms with Gasteiger partial charge in [-0.3, -0.25) is 0 Å². The van der Waals surface area contributed by atoms with Crippen LogP contribution in [0.25, 0.3) is 0 Å². The van der Waals surface area contributed by atoms with Gasteiger partial charge in [0.25, 0.3) is 0 Å². The molecule has 0 aliphatic carbocycles. The molecule has 0 saturated carbocycles. The van der Waals surface area contributed by atoms with Crippen molar-refractivity contribution in [2.24, 2.45) is 5.73 Å². The highest BCUT2D eigenvalue weighted by molar-refractivity contribution is 7.15. The number of anilines is 2. The van der Waals surface area contributed by atoms with Crippen LogP contribution in [-0.4, -0.2) is 16.8 Å². The highest BCUT2D eigenvalue weighted by Crippen LogP contribution is 2.22. The van der Waals surface area contributed by atoms with Gasteiger partial charge in [-0.1, -0.05) is 11.3 Å². The molecule has 6 heteroatoms. The van der Waals surface area contributed by atoms with E-state index in [1.165, 1.54) is 11.3 Å². The number of nitrogens with zero attached hydrogens (tertiary/aromatic N) is 2. The third kappa shape index (κ3) is 3.15. The zero-order chi connectivity index (χ0) is 12.1. The monoisotopic (exact) mass is 250 g/mol. The van der Waals surface area contributed by atoms with Gasteiger partial charge in [-0.25, -0.2) is 0 Å². The predicted octanol–water partition coefficient (Wildman–Crippen LogP) is 2.14. The van der Waals surface area contributed by atoms with Gasteiger partial charge in [0, 0.05) is 12.2 Å². The molecule has 0 fully saturated rings. The van der Waals surface area contributed by atoms with Crippen LogP contribution in [0.4, 0.5) is 10.8 Å². The van der Waals surface area contributed by atoms with Crippen molar-refractivity contribution >= 4 is 22.2 Å². The minimum atomic E-state index is 0.419. The normalized spacial score (nSPS) is 10.2. The van der Waals surface area contributed by atoms with E-state index in [9.17, 15) is 0 Å². The number of nitrogens with one attached hydrogen (secondary N) is 1. The van der Waals surface area contributed by atoms with Crippen molar-refractivity contribution in [3.8, 4) is 5.75 Å². The highest BCUT2D eigenvalue weighted by Gasteiger charge is 2.02. The van der Waals surface area contributed by atoms with Gasteiger partial charge in [-0.05, 0) is 31.2 Å². The largest absolute Gasteiger partial charge is 0.494 e. The summed E-state index contributed by atoms with van der Waals surface area (Å²) in [5.41, 5.74) is 6.43. The van der Waals surface area contributed by atoms with Gasteiger partial charge >= 0.3 is 0 Å². The van der Waals surface area contributed by atoms with Crippen molar-refractivity contribution < 1.29 is 4.74 Å². The number of nitrogens with two attached hydrogens (primary N) is 1. The Morgan fingerprint density at radius 2 is 2.06 bits per heavy atom. The first-order chi connectivity index (χ1) is 8.31. The van der Waals surface area contributed by atoms with Crippen molar-refractivity contribution in [3.63, 3.8) is 0 Å². The topological polar surface area (TPSA) is 73.1 Å². The third-order valence-corrected chi connectivity index (χ3v) is 2.92. The zero-order valence-corrected chi connectivity index (χ0v) is 10.3. The van der Waals surface area contributed by atoms with Crippen LogP contribution < -0.4 is 15.8 Å². The lowest BCUT2D eigenvalue weighted by Gasteiger charge is -2.04. The summed E-state index contributed by atoms with van der Waals surface area (Å²) >= 11 is 1.45. The molecule has 17 heavy (non-hydrogen) atoms. The molecule has 3 N–H and O–H groups in total. The molecule has 0 bridgehead atoms. The second-order valence-electron chi connectivity index (χ2n) is 3.29. The molecular formula is C11H14N4OS. The molecule has 0 spiro atoms. The first-order valence-corrected chi connectivity index (χ1v) is 6.16. The van der Waals surface area contributed by atoms with Gasteiger partial charge in [0.15, 0.2) is 0 Å². The lowest BCUT2D eigenvalue weighted by Crippen LogP contribution is -1.94. The SMILES string of the molecule is CCOc1ccc(Nc2nnc(CN)s2)cc1. The van der Waals surface area contributed by atoms with Gasteiger partial charge in [-0.2, -0.15) is 0 Å². The van der Waals surface area contributed by atoms with E-state index in [1.54, 1.807) is 0 Å². The Labute approximate surface area is 104 Å². The van der Waals surface area contributed by atoms with Crippen LogP contribution in [0, 0.1) is 0 Å². The lowest BCUT2D eigenvalue weighted by atomic mass is 10.3. The summed E-state index contributed by atoms with van der Waals surface area (Å²) < 4.78 is 5.36. The van der Waals surface area contributed by atoms with E-state index in [-0.39, 0.29) is 0 Å². The van der Waals surface area contributed by atoms with Crippen LogP contribution in [0.5, 0.6) is 5.75 Å². The third-order valence-electron chi connectivity index (χ3n) is 2.06. The first-order valence-electron chi connectivity index (χ1n) is 5.34. The summed E-state index contributed by atoms with van der Waals surface area (Å²) in [7, 11) is 0. The number of ether oxygens (including phenoxy) is 1. The van der Waals surface area contributed by atoms with Crippen molar-refractivity contribution in [1.29, 1.82) is 0 Å². The van der Waals surface area contributed by atoms with Gasteiger partial charge in [0.05, 0.1) is 6.61 Å². The maximum Gasteiger partial charge on any atom is 0.210 e. The Kier molecular flexibility index (Phi) is 3.89. The zero-order valence-electron chi connectivity index (χ0n) is 9.51. The lowest BCUT2D eigenvalue weighted by molar-refractivity contribution is 0.340. The molecule has 2 aromatic rings. The van der Waals surface area contributed by atoms with Gasteiger partial charge < -0.3 is 15.8 Å². The molecule has 0 aliphatic heterocycles. The van der Waals surface area contributed by atoms with Crippen LogP contribution in [0.1, 0.15) is 11.9 Å². The molecule has 5 nitrogen and oxygen atoms in total. The molecule has 0 unspecified atom stereocenters. The van der Waals surface area contributed by atoms with Crippen LogP contribution in [-0.2, 0) is 6.54 Å². The second-order valence-corrected chi connectivity index (χ2v) is 4.35. The van der Waals surface area contributed by atoms with Crippen LogP contribution in [0.15, 0.2) is 24.3 Å². The molecule has 1 aromatic carbocycles. The van der Waals surface area contributed by atoms with E-state index in [0.717, 1.165) is 21.6 Å². The molecule has 0 amide bonds. The molecule has 0 saturated heterocycles. The molecule has 0 radical (unpaired) electrons. The van der Waals surface area contributed by atoms with E-state index < -0.39 is 0 Å². The number of hydrogen-bond donors (Lipinski definition) is 2. The summed E-state index contributed by atoms with van der Waals surface area (Å²) in [4.78, 5) is 0. The van der Waals surface area contributed by atoms with E-state index in [4.69, 9.17) is 10.5 Å². The first kappa shape index (κ1) is 11.8. The van der Waals surface area contributed by atoms with E-state index in [0.29, 0.717) is 13.2 Å². The van der Waals surface area contributed by atoms with Crippen molar-refractivity contribution in [2.75, 3.05) is 11.9 Å². The number of rotatable bonds is 5. The van der Waals surface area contributed by atoms with E-state index in [1.807, 2.05) is 31.2 Å². The van der Waals surface area contributed by atoms with Crippen molar-refractivity contribution in [2.45, 2.75) is 13.5 Å². The summed E-state index contributed by atoms with van der Waals surface area (Å²) in [5.74, 6) is 0.859. The molecular weight excluding hydrogens is 236 g/mol. The van der Waals surface area contributed by atoms with Crippen LogP contribution in [0.2, 0.25) is 0 Å². The fraction of sp³-hybridized carbons (Fsp3) is 0.273. The van der Waals surface area contributed by atoms with Gasteiger partial charge in [0.2, 0.25) is 5.13 Å². The van der Waals surface area contributed by atoms with Gasteiger partial charge in [-0.15, -0.1) is 10.2 Å². The fourth-order valence-corrected chi connectivity index (χ4v) is 1.95. The Bertz CT molecular complexity index is 469. The van der Waals surface area contributed by atoms with Crippen LogP contribution >= 0.6 is 11.3 Å². The molecule has 1 aromatic heterocycles. The smallest absolute Gasteiger partial charge is 0.210 e. The van der Waals surface area contributed by atoms with Gasteiger partial charge in [0.1, 0.15) is 10.8 Å². The minimum absolute atomic E-state index is 0.419. The van der Waals surface area contributed by atoms with Crippen molar-refractivity contribution in [1.82, 2.24) is 10.2 Å². The molecule has 0 aliphatic rings. The Hall–Kier alpha value is -1.66. The average molecular weight is 250 g/mol. The summed E-state index contributed by atoms with van der Waals surface area (Å²) in [6.45, 7) is 3.05. The number of aromatic nitrogens is 2. The summed E-state index contributed by atoms with van der Waals surface area (Å²) in [6.07, 6.45) is 0. The fourth-order valence-electron chi connectivity index (χ4n) is 1.31. The molecule has 90 valence electrons.